The molecule has 0 spiro atoms. The standard InChI is InChI=1S/C16H18ClNO.ClH/c1-2-19-16-9-8-14(10-15(16)17)12-18-11-13-6-4-3-5-7-13;/h3-10,18H,2,11-12H2,1H3;1H. The molecule has 0 heterocycles. The molecule has 0 aromatic heterocycles. The van der Waals surface area contributed by atoms with Crippen LogP contribution in [0.2, 0.25) is 5.02 Å². The minimum atomic E-state index is 0. The molecule has 20 heavy (non-hydrogen) atoms. The van der Waals surface area contributed by atoms with Gasteiger partial charge in [-0.15, -0.1) is 12.4 Å². The highest BCUT2D eigenvalue weighted by molar-refractivity contribution is 6.32. The molecule has 0 aliphatic carbocycles. The van der Waals surface area contributed by atoms with Crippen LogP contribution in [0.1, 0.15) is 18.1 Å². The Hall–Kier alpha value is -1.22. The van der Waals surface area contributed by atoms with E-state index in [1.165, 1.54) is 5.56 Å². The summed E-state index contributed by atoms with van der Waals surface area (Å²) in [6.07, 6.45) is 0. The summed E-state index contributed by atoms with van der Waals surface area (Å²) < 4.78 is 5.41. The van der Waals surface area contributed by atoms with Gasteiger partial charge in [0.1, 0.15) is 5.75 Å². The number of rotatable bonds is 6. The van der Waals surface area contributed by atoms with Crippen molar-refractivity contribution in [3.8, 4) is 5.75 Å². The van der Waals surface area contributed by atoms with Crippen LogP contribution >= 0.6 is 24.0 Å². The number of halogens is 2. The number of benzene rings is 2. The molecule has 0 radical (unpaired) electrons. The van der Waals surface area contributed by atoms with Crippen molar-refractivity contribution < 1.29 is 4.74 Å². The first-order valence-corrected chi connectivity index (χ1v) is 6.83. The first kappa shape index (κ1) is 16.8. The van der Waals surface area contributed by atoms with E-state index < -0.39 is 0 Å². The van der Waals surface area contributed by atoms with Gasteiger partial charge in [-0.2, -0.15) is 0 Å². The Morgan fingerprint density at radius 1 is 1.00 bits per heavy atom. The predicted octanol–water partition coefficient (Wildman–Crippen LogP) is 4.45. The average molecular weight is 312 g/mol. The summed E-state index contributed by atoms with van der Waals surface area (Å²) >= 11 is 6.15. The van der Waals surface area contributed by atoms with Crippen LogP contribution in [0, 0.1) is 0 Å². The minimum absolute atomic E-state index is 0. The lowest BCUT2D eigenvalue weighted by Gasteiger charge is -2.09. The first-order chi connectivity index (χ1) is 9.29. The summed E-state index contributed by atoms with van der Waals surface area (Å²) in [5, 5.41) is 4.06. The fourth-order valence-electron chi connectivity index (χ4n) is 1.87. The van der Waals surface area contributed by atoms with Gasteiger partial charge in [0, 0.05) is 13.1 Å². The summed E-state index contributed by atoms with van der Waals surface area (Å²) in [6.45, 7) is 4.23. The van der Waals surface area contributed by atoms with Gasteiger partial charge in [0.25, 0.3) is 0 Å². The SMILES string of the molecule is CCOc1ccc(CNCc2ccccc2)cc1Cl.Cl. The van der Waals surface area contributed by atoms with Crippen LogP contribution in [0.25, 0.3) is 0 Å². The maximum absolute atomic E-state index is 6.15. The minimum Gasteiger partial charge on any atom is -0.492 e. The second-order valence-electron chi connectivity index (χ2n) is 4.29. The molecule has 0 aliphatic rings. The monoisotopic (exact) mass is 311 g/mol. The molecule has 2 rings (SSSR count). The van der Waals surface area contributed by atoms with E-state index in [0.717, 1.165) is 24.4 Å². The van der Waals surface area contributed by atoms with Crippen LogP contribution in [0.4, 0.5) is 0 Å². The molecule has 0 saturated carbocycles. The van der Waals surface area contributed by atoms with E-state index in [1.54, 1.807) is 0 Å². The van der Waals surface area contributed by atoms with Gasteiger partial charge in [-0.05, 0) is 30.2 Å². The van der Waals surface area contributed by atoms with Crippen molar-refractivity contribution in [2.45, 2.75) is 20.0 Å². The second kappa shape index (κ2) is 8.85. The number of hydrogen-bond acceptors (Lipinski definition) is 2. The largest absolute Gasteiger partial charge is 0.492 e. The van der Waals surface area contributed by atoms with Gasteiger partial charge in [0.2, 0.25) is 0 Å². The van der Waals surface area contributed by atoms with Crippen molar-refractivity contribution >= 4 is 24.0 Å². The fraction of sp³-hybridized carbons (Fsp3) is 0.250. The average Bonchev–Trinajstić information content (AvgIpc) is 2.43. The predicted molar refractivity (Wildman–Crippen MR) is 86.9 cm³/mol. The van der Waals surface area contributed by atoms with Crippen LogP contribution in [0.5, 0.6) is 5.75 Å². The molecular weight excluding hydrogens is 293 g/mol. The first-order valence-electron chi connectivity index (χ1n) is 6.45. The van der Waals surface area contributed by atoms with Crippen molar-refractivity contribution in [1.82, 2.24) is 5.32 Å². The Labute approximate surface area is 131 Å². The molecule has 0 unspecified atom stereocenters. The van der Waals surface area contributed by atoms with Gasteiger partial charge in [-0.25, -0.2) is 0 Å². The molecule has 2 aromatic rings. The van der Waals surface area contributed by atoms with Crippen LogP contribution in [-0.4, -0.2) is 6.61 Å². The molecule has 0 atom stereocenters. The Bertz CT molecular complexity index is 517. The molecule has 108 valence electrons. The van der Waals surface area contributed by atoms with E-state index in [9.17, 15) is 0 Å². The van der Waals surface area contributed by atoms with Gasteiger partial charge in [-0.1, -0.05) is 48.0 Å². The van der Waals surface area contributed by atoms with Crippen LogP contribution in [-0.2, 0) is 13.1 Å². The van der Waals surface area contributed by atoms with Crippen molar-refractivity contribution in [2.75, 3.05) is 6.61 Å². The summed E-state index contributed by atoms with van der Waals surface area (Å²) in [5.41, 5.74) is 2.43. The number of ether oxygens (including phenoxy) is 1. The van der Waals surface area contributed by atoms with Crippen molar-refractivity contribution in [1.29, 1.82) is 0 Å². The molecule has 4 heteroatoms. The van der Waals surface area contributed by atoms with Crippen LogP contribution in [0.3, 0.4) is 0 Å². The summed E-state index contributed by atoms with van der Waals surface area (Å²) in [4.78, 5) is 0. The van der Waals surface area contributed by atoms with E-state index in [-0.39, 0.29) is 12.4 Å². The molecule has 0 aliphatic heterocycles. The van der Waals surface area contributed by atoms with Crippen LogP contribution in [0.15, 0.2) is 48.5 Å². The fourth-order valence-corrected chi connectivity index (χ4v) is 2.13. The second-order valence-corrected chi connectivity index (χ2v) is 4.69. The highest BCUT2D eigenvalue weighted by Crippen LogP contribution is 2.25. The Morgan fingerprint density at radius 2 is 1.70 bits per heavy atom. The maximum atomic E-state index is 6.15. The smallest absolute Gasteiger partial charge is 0.137 e. The number of nitrogens with one attached hydrogen (secondary N) is 1. The maximum Gasteiger partial charge on any atom is 0.137 e. The highest BCUT2D eigenvalue weighted by Gasteiger charge is 2.02. The zero-order valence-corrected chi connectivity index (χ0v) is 13.0. The Kier molecular flexibility index (Phi) is 7.45. The highest BCUT2D eigenvalue weighted by atomic mass is 35.5. The van der Waals surface area contributed by atoms with E-state index in [4.69, 9.17) is 16.3 Å². The molecule has 0 fully saturated rings. The van der Waals surface area contributed by atoms with Gasteiger partial charge in [0.05, 0.1) is 11.6 Å². The Morgan fingerprint density at radius 3 is 2.35 bits per heavy atom. The molecular formula is C16H19Cl2NO. The lowest BCUT2D eigenvalue weighted by Crippen LogP contribution is -2.12. The normalized spacial score (nSPS) is 9.90. The topological polar surface area (TPSA) is 21.3 Å². The van der Waals surface area contributed by atoms with E-state index in [1.807, 2.05) is 43.3 Å². The van der Waals surface area contributed by atoms with E-state index >= 15 is 0 Å². The Balaban J connectivity index is 0.00000200. The van der Waals surface area contributed by atoms with Gasteiger partial charge in [-0.3, -0.25) is 0 Å². The molecule has 1 N–H and O–H groups in total. The van der Waals surface area contributed by atoms with E-state index in [0.29, 0.717) is 11.6 Å². The van der Waals surface area contributed by atoms with E-state index in [2.05, 4.69) is 17.4 Å². The quantitative estimate of drug-likeness (QED) is 0.851. The molecule has 0 saturated heterocycles. The van der Waals surface area contributed by atoms with Gasteiger partial charge >= 0.3 is 0 Å². The zero-order chi connectivity index (χ0) is 13.5. The lowest BCUT2D eigenvalue weighted by atomic mass is 10.2. The third-order valence-corrected chi connectivity index (χ3v) is 3.09. The molecule has 0 amide bonds. The van der Waals surface area contributed by atoms with Gasteiger partial charge in [0.15, 0.2) is 0 Å². The van der Waals surface area contributed by atoms with Gasteiger partial charge < -0.3 is 10.1 Å². The van der Waals surface area contributed by atoms with Crippen molar-refractivity contribution in [3.63, 3.8) is 0 Å². The third kappa shape index (κ3) is 5.04. The zero-order valence-electron chi connectivity index (χ0n) is 11.4. The van der Waals surface area contributed by atoms with Crippen molar-refractivity contribution in [2.24, 2.45) is 0 Å². The number of hydrogen-bond donors (Lipinski definition) is 1. The molecule has 2 nitrogen and oxygen atoms in total. The summed E-state index contributed by atoms with van der Waals surface area (Å²) in [5.74, 6) is 0.746. The van der Waals surface area contributed by atoms with Crippen LogP contribution < -0.4 is 10.1 Å². The van der Waals surface area contributed by atoms with Crippen molar-refractivity contribution in [3.05, 3.63) is 64.7 Å². The third-order valence-electron chi connectivity index (χ3n) is 2.80. The summed E-state index contributed by atoms with van der Waals surface area (Å²) in [6, 6.07) is 16.2. The molecule has 2 aromatic carbocycles. The summed E-state index contributed by atoms with van der Waals surface area (Å²) in [7, 11) is 0. The lowest BCUT2D eigenvalue weighted by molar-refractivity contribution is 0.340. The molecule has 0 bridgehead atoms.